The molecular weight excluding hydrogens is 595 g/mol. The van der Waals surface area contributed by atoms with Crippen LogP contribution in [0.3, 0.4) is 0 Å². The number of ether oxygens (including phenoxy) is 1. The summed E-state index contributed by atoms with van der Waals surface area (Å²) in [6.45, 7) is 1.78. The van der Waals surface area contributed by atoms with E-state index in [2.05, 4.69) is 15.6 Å². The van der Waals surface area contributed by atoms with Gasteiger partial charge in [-0.25, -0.2) is 14.2 Å². The molecule has 4 aromatic rings. The number of carbonyl (C=O) groups is 3. The Morgan fingerprint density at radius 3 is 2.56 bits per heavy atom. The first-order valence-electron chi connectivity index (χ1n) is 13.2. The molecule has 1 unspecified atom stereocenters. The molecule has 0 saturated carbocycles. The lowest BCUT2D eigenvalue weighted by Crippen LogP contribution is -2.41. The first-order chi connectivity index (χ1) is 20.8. The fourth-order valence-electron chi connectivity index (χ4n) is 4.13. The number of anilines is 1. The molecule has 1 aliphatic heterocycles. The standard InChI is InChI=1S/C31H26ClFN4O5S/c1-19(34-31(40)42-18-20-6-3-2-4-7-20)28(38)35-23-12-9-21(10-13-23)27-29(39)37(17-24-8-5-15-41-24)30(43-27)36-26-14-11-22(33)16-25(26)32/h2-16,19,27H,17-18H2,1H3,(H,34,40)(H,35,38)/t19-,27?/m0/s1. The maximum absolute atomic E-state index is 13.6. The first kappa shape index (κ1) is 29.9. The lowest BCUT2D eigenvalue weighted by molar-refractivity contribution is -0.126. The van der Waals surface area contributed by atoms with Crippen LogP contribution < -0.4 is 10.6 Å². The van der Waals surface area contributed by atoms with E-state index in [9.17, 15) is 18.8 Å². The predicted octanol–water partition coefficient (Wildman–Crippen LogP) is 6.83. The lowest BCUT2D eigenvalue weighted by Gasteiger charge is -2.16. The van der Waals surface area contributed by atoms with Crippen molar-refractivity contribution in [1.82, 2.24) is 10.2 Å². The number of benzene rings is 3. The fourth-order valence-corrected chi connectivity index (χ4v) is 5.50. The molecule has 2 heterocycles. The minimum absolute atomic E-state index is 0.0860. The molecule has 12 heteroatoms. The Kier molecular flexibility index (Phi) is 9.43. The Bertz CT molecular complexity index is 1630. The number of aliphatic imine (C=N–C) groups is 1. The van der Waals surface area contributed by atoms with Gasteiger partial charge in [0, 0.05) is 5.69 Å². The van der Waals surface area contributed by atoms with Crippen molar-refractivity contribution in [2.75, 3.05) is 5.32 Å². The topological polar surface area (TPSA) is 113 Å². The highest BCUT2D eigenvalue weighted by atomic mass is 35.5. The molecule has 0 bridgehead atoms. The highest BCUT2D eigenvalue weighted by molar-refractivity contribution is 8.15. The van der Waals surface area contributed by atoms with E-state index in [1.54, 1.807) is 43.3 Å². The van der Waals surface area contributed by atoms with E-state index in [0.29, 0.717) is 27.9 Å². The molecule has 5 rings (SSSR count). The highest BCUT2D eigenvalue weighted by Crippen LogP contribution is 2.42. The number of nitrogens with one attached hydrogen (secondary N) is 2. The molecule has 3 amide bonds. The summed E-state index contributed by atoms with van der Waals surface area (Å²) in [5.41, 5.74) is 2.32. The van der Waals surface area contributed by atoms with Crippen molar-refractivity contribution in [1.29, 1.82) is 0 Å². The molecule has 220 valence electrons. The molecule has 0 spiro atoms. The Morgan fingerprint density at radius 2 is 1.86 bits per heavy atom. The zero-order valence-corrected chi connectivity index (χ0v) is 24.4. The molecule has 1 saturated heterocycles. The normalized spacial score (nSPS) is 16.3. The van der Waals surface area contributed by atoms with Crippen molar-refractivity contribution in [3.05, 3.63) is 119 Å². The van der Waals surface area contributed by atoms with E-state index < -0.39 is 29.1 Å². The molecule has 2 atom stereocenters. The quantitative estimate of drug-likeness (QED) is 0.212. The molecule has 1 fully saturated rings. The number of alkyl carbamates (subject to hydrolysis) is 1. The second-order valence-corrected chi connectivity index (χ2v) is 11.0. The number of rotatable bonds is 9. The number of amidine groups is 1. The fraction of sp³-hybridized carbons (Fsp3) is 0.161. The van der Waals surface area contributed by atoms with E-state index in [1.165, 1.54) is 35.1 Å². The third-order valence-electron chi connectivity index (χ3n) is 6.39. The second-order valence-electron chi connectivity index (χ2n) is 9.53. The van der Waals surface area contributed by atoms with Crippen molar-refractivity contribution in [3.63, 3.8) is 0 Å². The Balaban J connectivity index is 1.24. The van der Waals surface area contributed by atoms with E-state index in [-0.39, 0.29) is 24.1 Å². The molecule has 43 heavy (non-hydrogen) atoms. The number of thioether (sulfide) groups is 1. The number of amides is 3. The monoisotopic (exact) mass is 620 g/mol. The van der Waals surface area contributed by atoms with Crippen LogP contribution in [0.1, 0.15) is 29.1 Å². The summed E-state index contributed by atoms with van der Waals surface area (Å²) in [7, 11) is 0. The number of hydrogen-bond acceptors (Lipinski definition) is 7. The molecule has 0 radical (unpaired) electrons. The average molecular weight is 621 g/mol. The summed E-state index contributed by atoms with van der Waals surface area (Å²) >= 11 is 7.42. The number of halogens is 2. The molecule has 1 aliphatic rings. The van der Waals surface area contributed by atoms with Crippen LogP contribution in [0.5, 0.6) is 0 Å². The predicted molar refractivity (Wildman–Crippen MR) is 162 cm³/mol. The van der Waals surface area contributed by atoms with Crippen LogP contribution in [-0.4, -0.2) is 34.0 Å². The summed E-state index contributed by atoms with van der Waals surface area (Å²) in [5.74, 6) is -0.583. The maximum atomic E-state index is 13.6. The van der Waals surface area contributed by atoms with Crippen LogP contribution in [0.15, 0.2) is 101 Å². The van der Waals surface area contributed by atoms with Gasteiger partial charge in [-0.2, -0.15) is 0 Å². The van der Waals surface area contributed by atoms with Gasteiger partial charge in [0.15, 0.2) is 5.17 Å². The van der Waals surface area contributed by atoms with Crippen LogP contribution >= 0.6 is 23.4 Å². The third-order valence-corrected chi connectivity index (χ3v) is 7.92. The molecule has 2 N–H and O–H groups in total. The minimum Gasteiger partial charge on any atom is -0.467 e. The second kappa shape index (κ2) is 13.6. The van der Waals surface area contributed by atoms with Crippen molar-refractivity contribution in [2.24, 2.45) is 4.99 Å². The summed E-state index contributed by atoms with van der Waals surface area (Å²) in [6, 6.07) is 22.5. The summed E-state index contributed by atoms with van der Waals surface area (Å²) < 4.78 is 24.2. The Hall–Kier alpha value is -4.61. The van der Waals surface area contributed by atoms with Gasteiger partial charge in [0.25, 0.3) is 0 Å². The lowest BCUT2D eigenvalue weighted by atomic mass is 10.1. The van der Waals surface area contributed by atoms with Gasteiger partial charge in [-0.3, -0.25) is 14.5 Å². The van der Waals surface area contributed by atoms with Crippen molar-refractivity contribution < 1.29 is 27.9 Å². The van der Waals surface area contributed by atoms with Crippen LogP contribution in [0.25, 0.3) is 0 Å². The van der Waals surface area contributed by atoms with Crippen molar-refractivity contribution in [2.45, 2.75) is 31.4 Å². The van der Waals surface area contributed by atoms with Gasteiger partial charge in [-0.15, -0.1) is 0 Å². The first-order valence-corrected chi connectivity index (χ1v) is 14.4. The van der Waals surface area contributed by atoms with E-state index in [4.69, 9.17) is 20.8 Å². The van der Waals surface area contributed by atoms with Gasteiger partial charge in [0.2, 0.25) is 11.8 Å². The summed E-state index contributed by atoms with van der Waals surface area (Å²) in [6.07, 6.45) is 0.808. The van der Waals surface area contributed by atoms with Crippen molar-refractivity contribution >= 4 is 57.8 Å². The number of hydrogen-bond donors (Lipinski definition) is 2. The van der Waals surface area contributed by atoms with Gasteiger partial charge in [-0.05, 0) is 60.5 Å². The van der Waals surface area contributed by atoms with Crippen LogP contribution in [0.2, 0.25) is 5.02 Å². The van der Waals surface area contributed by atoms with Crippen LogP contribution in [-0.2, 0) is 27.5 Å². The van der Waals surface area contributed by atoms with Crippen LogP contribution in [0.4, 0.5) is 20.6 Å². The minimum atomic E-state index is -0.859. The van der Waals surface area contributed by atoms with Gasteiger partial charge in [0.1, 0.15) is 29.5 Å². The van der Waals surface area contributed by atoms with Gasteiger partial charge < -0.3 is 19.8 Å². The van der Waals surface area contributed by atoms with E-state index in [0.717, 1.165) is 11.6 Å². The maximum Gasteiger partial charge on any atom is 0.408 e. The number of furan rings is 1. The summed E-state index contributed by atoms with van der Waals surface area (Å²) in [5, 5.41) is 5.14. The Morgan fingerprint density at radius 1 is 1.09 bits per heavy atom. The third kappa shape index (κ3) is 7.62. The SMILES string of the molecule is C[C@H](NC(=O)OCc1ccccc1)C(=O)Nc1ccc(C2SC(=Nc3ccc(F)cc3Cl)N(Cc3ccco3)C2=O)cc1. The molecule has 3 aromatic carbocycles. The molecule has 0 aliphatic carbocycles. The van der Waals surface area contributed by atoms with E-state index >= 15 is 0 Å². The van der Waals surface area contributed by atoms with Gasteiger partial charge >= 0.3 is 6.09 Å². The molecular formula is C31H26ClFN4O5S. The van der Waals surface area contributed by atoms with Crippen LogP contribution in [0, 0.1) is 5.82 Å². The van der Waals surface area contributed by atoms with Gasteiger partial charge in [0.05, 0.1) is 23.5 Å². The Labute approximate surface area is 256 Å². The smallest absolute Gasteiger partial charge is 0.408 e. The highest BCUT2D eigenvalue weighted by Gasteiger charge is 2.39. The van der Waals surface area contributed by atoms with Gasteiger partial charge in [-0.1, -0.05) is 65.8 Å². The summed E-state index contributed by atoms with van der Waals surface area (Å²) in [4.78, 5) is 44.4. The molecule has 1 aromatic heterocycles. The number of carbonyl (C=O) groups excluding carboxylic acids is 3. The average Bonchev–Trinajstić information content (AvgIpc) is 3.62. The van der Waals surface area contributed by atoms with E-state index in [1.807, 2.05) is 30.3 Å². The zero-order chi connectivity index (χ0) is 30.3. The number of nitrogens with zero attached hydrogens (tertiary/aromatic N) is 2. The largest absolute Gasteiger partial charge is 0.467 e. The van der Waals surface area contributed by atoms with Crippen molar-refractivity contribution in [3.8, 4) is 0 Å². The molecule has 9 nitrogen and oxygen atoms in total. The zero-order valence-electron chi connectivity index (χ0n) is 22.8.